The second-order valence-electron chi connectivity index (χ2n) is 4.68. The van der Waals surface area contributed by atoms with Gasteiger partial charge in [0, 0.05) is 27.2 Å². The molecule has 0 amide bonds. The molecule has 1 unspecified atom stereocenters. The molecule has 0 spiro atoms. The van der Waals surface area contributed by atoms with E-state index in [1.807, 2.05) is 18.5 Å². The summed E-state index contributed by atoms with van der Waals surface area (Å²) in [6, 6.07) is 4.16. The topological polar surface area (TPSA) is 38.0 Å². The van der Waals surface area contributed by atoms with E-state index >= 15 is 0 Å². The maximum absolute atomic E-state index is 10.5. The molecule has 0 aliphatic carbocycles. The van der Waals surface area contributed by atoms with Gasteiger partial charge in [-0.2, -0.15) is 5.10 Å². The van der Waals surface area contributed by atoms with Crippen LogP contribution in [0.25, 0.3) is 9.40 Å². The molecule has 0 aliphatic heterocycles. The molecule has 0 radical (unpaired) electrons. The van der Waals surface area contributed by atoms with Crippen LogP contribution in [0, 0.1) is 6.92 Å². The number of nitrogens with zero attached hydrogens (tertiary/aromatic N) is 2. The second kappa shape index (κ2) is 5.48. The van der Waals surface area contributed by atoms with Gasteiger partial charge in [-0.15, -0.1) is 22.7 Å². The highest BCUT2D eigenvalue weighted by molar-refractivity contribution is 7.26. The minimum absolute atomic E-state index is 0.501. The third kappa shape index (κ3) is 2.39. The van der Waals surface area contributed by atoms with Crippen molar-refractivity contribution in [2.75, 3.05) is 0 Å². The largest absolute Gasteiger partial charge is 0.387 e. The molecule has 3 aromatic heterocycles. The van der Waals surface area contributed by atoms with E-state index in [0.717, 1.165) is 22.8 Å². The predicted octanol–water partition coefficient (Wildman–Crippen LogP) is 4.42. The Morgan fingerprint density at radius 2 is 2.25 bits per heavy atom. The molecule has 1 N–H and O–H groups in total. The SMILES string of the molecule is CCn1nc(C)c(Cl)c1CC(O)c1cc2sccc2s1. The predicted molar refractivity (Wildman–Crippen MR) is 86.0 cm³/mol. The van der Waals surface area contributed by atoms with Crippen LogP contribution in [0.4, 0.5) is 0 Å². The van der Waals surface area contributed by atoms with Crippen LogP contribution in [0.3, 0.4) is 0 Å². The summed E-state index contributed by atoms with van der Waals surface area (Å²) >= 11 is 9.64. The Bertz CT molecular complexity index is 715. The molecule has 3 aromatic rings. The van der Waals surface area contributed by atoms with Crippen molar-refractivity contribution in [2.45, 2.75) is 32.9 Å². The molecule has 3 rings (SSSR count). The van der Waals surface area contributed by atoms with Gasteiger partial charge in [-0.1, -0.05) is 11.6 Å². The van der Waals surface area contributed by atoms with Gasteiger partial charge in [-0.25, -0.2) is 0 Å². The van der Waals surface area contributed by atoms with Gasteiger partial charge >= 0.3 is 0 Å². The Hall–Kier alpha value is -0.880. The molecule has 20 heavy (non-hydrogen) atoms. The zero-order chi connectivity index (χ0) is 14.3. The first-order valence-electron chi connectivity index (χ1n) is 6.47. The number of hydrogen-bond donors (Lipinski definition) is 1. The summed E-state index contributed by atoms with van der Waals surface area (Å²) in [6.45, 7) is 4.68. The molecule has 0 fully saturated rings. The van der Waals surface area contributed by atoms with Crippen molar-refractivity contribution in [1.82, 2.24) is 9.78 Å². The summed E-state index contributed by atoms with van der Waals surface area (Å²) in [5.41, 5.74) is 1.74. The first-order chi connectivity index (χ1) is 9.60. The van der Waals surface area contributed by atoms with Gasteiger partial charge in [0.2, 0.25) is 0 Å². The summed E-state index contributed by atoms with van der Waals surface area (Å²) in [5, 5.41) is 17.6. The van der Waals surface area contributed by atoms with Gasteiger partial charge < -0.3 is 5.11 Å². The van der Waals surface area contributed by atoms with Gasteiger partial charge in [0.1, 0.15) is 0 Å². The normalized spacial score (nSPS) is 13.2. The highest BCUT2D eigenvalue weighted by Crippen LogP contribution is 2.35. The fourth-order valence-electron chi connectivity index (χ4n) is 2.30. The van der Waals surface area contributed by atoms with Gasteiger partial charge in [0.05, 0.1) is 22.5 Å². The first kappa shape index (κ1) is 14.1. The van der Waals surface area contributed by atoms with E-state index in [4.69, 9.17) is 11.6 Å². The Morgan fingerprint density at radius 1 is 1.45 bits per heavy atom. The standard InChI is InChI=1S/C14H15ClN2OS2/c1-3-17-9(14(15)8(2)16-17)6-10(18)12-7-13-11(20-12)4-5-19-13/h4-5,7,10,18H,3,6H2,1-2H3. The first-order valence-corrected chi connectivity index (χ1v) is 8.54. The van der Waals surface area contributed by atoms with E-state index in [2.05, 4.69) is 22.6 Å². The lowest BCUT2D eigenvalue weighted by molar-refractivity contribution is 0.179. The van der Waals surface area contributed by atoms with Gasteiger partial charge in [0.25, 0.3) is 0 Å². The number of aromatic nitrogens is 2. The number of thiophene rings is 2. The lowest BCUT2D eigenvalue weighted by Gasteiger charge is -2.10. The monoisotopic (exact) mass is 326 g/mol. The molecule has 6 heteroatoms. The molecule has 1 atom stereocenters. The van der Waals surface area contributed by atoms with E-state index < -0.39 is 6.10 Å². The summed E-state index contributed by atoms with van der Waals surface area (Å²) in [7, 11) is 0. The molecule has 0 aliphatic rings. The van der Waals surface area contributed by atoms with Crippen molar-refractivity contribution >= 4 is 43.7 Å². The number of aryl methyl sites for hydroxylation is 2. The van der Waals surface area contributed by atoms with E-state index in [1.54, 1.807) is 22.7 Å². The van der Waals surface area contributed by atoms with Gasteiger partial charge in [0.15, 0.2) is 0 Å². The van der Waals surface area contributed by atoms with E-state index in [9.17, 15) is 5.11 Å². The smallest absolute Gasteiger partial charge is 0.0938 e. The zero-order valence-electron chi connectivity index (χ0n) is 11.3. The highest BCUT2D eigenvalue weighted by Gasteiger charge is 2.19. The Kier molecular flexibility index (Phi) is 3.86. The van der Waals surface area contributed by atoms with Crippen molar-refractivity contribution in [3.8, 4) is 0 Å². The van der Waals surface area contributed by atoms with Crippen LogP contribution in [-0.4, -0.2) is 14.9 Å². The van der Waals surface area contributed by atoms with Crippen LogP contribution in [0.1, 0.15) is 29.3 Å². The van der Waals surface area contributed by atoms with Gasteiger partial charge in [-0.05, 0) is 31.4 Å². The number of rotatable bonds is 4. The van der Waals surface area contributed by atoms with E-state index in [1.165, 1.54) is 9.40 Å². The third-order valence-electron chi connectivity index (χ3n) is 3.33. The van der Waals surface area contributed by atoms with Crippen LogP contribution in [0.5, 0.6) is 0 Å². The molecule has 0 bridgehead atoms. The maximum Gasteiger partial charge on any atom is 0.0938 e. The number of aliphatic hydroxyl groups excluding tert-OH is 1. The van der Waals surface area contributed by atoms with Crippen molar-refractivity contribution in [3.63, 3.8) is 0 Å². The summed E-state index contributed by atoms with van der Waals surface area (Å²) in [6.07, 6.45) is -0.0279. The van der Waals surface area contributed by atoms with Crippen molar-refractivity contribution < 1.29 is 5.11 Å². The lowest BCUT2D eigenvalue weighted by Crippen LogP contribution is -2.08. The van der Waals surface area contributed by atoms with E-state index in [-0.39, 0.29) is 0 Å². The summed E-state index contributed by atoms with van der Waals surface area (Å²) < 4.78 is 4.34. The van der Waals surface area contributed by atoms with Crippen molar-refractivity contribution in [2.24, 2.45) is 0 Å². The minimum Gasteiger partial charge on any atom is -0.387 e. The third-order valence-corrected chi connectivity index (χ3v) is 6.01. The fraction of sp³-hybridized carbons (Fsp3) is 0.357. The number of hydrogen-bond acceptors (Lipinski definition) is 4. The fourth-order valence-corrected chi connectivity index (χ4v) is 4.61. The Morgan fingerprint density at radius 3 is 2.95 bits per heavy atom. The molecule has 3 heterocycles. The van der Waals surface area contributed by atoms with Gasteiger partial charge in [-0.3, -0.25) is 4.68 Å². The van der Waals surface area contributed by atoms with Crippen LogP contribution in [-0.2, 0) is 13.0 Å². The summed E-state index contributed by atoms with van der Waals surface area (Å²) in [5.74, 6) is 0. The van der Waals surface area contributed by atoms with Crippen molar-refractivity contribution in [3.05, 3.63) is 38.8 Å². The molecule has 0 saturated carbocycles. The molecule has 106 valence electrons. The molecule has 0 saturated heterocycles. The Balaban J connectivity index is 1.88. The molecule has 3 nitrogen and oxygen atoms in total. The van der Waals surface area contributed by atoms with Crippen LogP contribution in [0.15, 0.2) is 17.5 Å². The quantitative estimate of drug-likeness (QED) is 0.770. The van der Waals surface area contributed by atoms with E-state index in [0.29, 0.717) is 11.4 Å². The highest BCUT2D eigenvalue weighted by atomic mass is 35.5. The molecule has 0 aromatic carbocycles. The summed E-state index contributed by atoms with van der Waals surface area (Å²) in [4.78, 5) is 0.990. The number of halogens is 1. The zero-order valence-corrected chi connectivity index (χ0v) is 13.6. The average molecular weight is 327 g/mol. The van der Waals surface area contributed by atoms with Crippen LogP contribution < -0.4 is 0 Å². The minimum atomic E-state index is -0.529. The van der Waals surface area contributed by atoms with Crippen molar-refractivity contribution in [1.29, 1.82) is 0 Å². The number of aliphatic hydroxyl groups is 1. The van der Waals surface area contributed by atoms with Crippen LogP contribution >= 0.6 is 34.3 Å². The Labute approximate surface area is 130 Å². The lowest BCUT2D eigenvalue weighted by atomic mass is 10.1. The second-order valence-corrected chi connectivity index (χ2v) is 7.12. The average Bonchev–Trinajstić information content (AvgIpc) is 3.07. The molecular weight excluding hydrogens is 312 g/mol. The maximum atomic E-state index is 10.5. The number of fused-ring (bicyclic) bond motifs is 1. The van der Waals surface area contributed by atoms with Crippen LogP contribution in [0.2, 0.25) is 5.02 Å². The molecular formula is C14H15ClN2OS2.